The van der Waals surface area contributed by atoms with Gasteiger partial charge in [-0.25, -0.2) is 4.98 Å². The molecular formula is C8H8BrN3O. The van der Waals surface area contributed by atoms with E-state index < -0.39 is 0 Å². The van der Waals surface area contributed by atoms with Gasteiger partial charge in [0.15, 0.2) is 0 Å². The molecule has 0 fully saturated rings. The number of rotatable bonds is 1. The molecule has 2 aromatic heterocycles. The summed E-state index contributed by atoms with van der Waals surface area (Å²) in [4.78, 5) is 8.29. The first-order valence-corrected chi connectivity index (χ1v) is 4.56. The number of aromatic nitrogens is 3. The Morgan fingerprint density at radius 3 is 3.00 bits per heavy atom. The predicted molar refractivity (Wildman–Crippen MR) is 52.0 cm³/mol. The van der Waals surface area contributed by atoms with Crippen molar-refractivity contribution < 1.29 is 4.74 Å². The highest BCUT2D eigenvalue weighted by atomic mass is 79.9. The van der Waals surface area contributed by atoms with Gasteiger partial charge in [0.1, 0.15) is 4.60 Å². The van der Waals surface area contributed by atoms with Crippen LogP contribution in [0, 0.1) is 6.92 Å². The minimum Gasteiger partial charge on any atom is -0.481 e. The summed E-state index contributed by atoms with van der Waals surface area (Å²) in [7, 11) is 1.59. The minimum absolute atomic E-state index is 0.586. The molecule has 0 unspecified atom stereocenters. The quantitative estimate of drug-likeness (QED) is 0.765. The fourth-order valence-electron chi connectivity index (χ4n) is 1.21. The van der Waals surface area contributed by atoms with Gasteiger partial charge in [0, 0.05) is 11.8 Å². The van der Waals surface area contributed by atoms with Crippen molar-refractivity contribution in [3.63, 3.8) is 0 Å². The number of aryl methyl sites for hydroxylation is 1. The summed E-state index contributed by atoms with van der Waals surface area (Å²) in [5.74, 6) is 1.23. The van der Waals surface area contributed by atoms with E-state index in [0.29, 0.717) is 11.7 Å². The summed E-state index contributed by atoms with van der Waals surface area (Å²) in [6.45, 7) is 1.98. The molecule has 0 aliphatic rings. The number of nitrogens with zero attached hydrogens (tertiary/aromatic N) is 3. The van der Waals surface area contributed by atoms with Gasteiger partial charge in [-0.05, 0) is 22.9 Å². The maximum Gasteiger partial charge on any atom is 0.238 e. The highest BCUT2D eigenvalue weighted by molar-refractivity contribution is 9.10. The van der Waals surface area contributed by atoms with Gasteiger partial charge in [-0.15, -0.1) is 0 Å². The Kier molecular flexibility index (Phi) is 1.95. The van der Waals surface area contributed by atoms with E-state index in [0.717, 1.165) is 10.3 Å². The molecule has 2 rings (SSSR count). The lowest BCUT2D eigenvalue weighted by molar-refractivity contribution is 0.397. The van der Waals surface area contributed by atoms with Gasteiger partial charge in [0.2, 0.25) is 11.7 Å². The zero-order chi connectivity index (χ0) is 9.42. The van der Waals surface area contributed by atoms with Gasteiger partial charge in [-0.1, -0.05) is 0 Å². The summed E-state index contributed by atoms with van der Waals surface area (Å²) in [5.41, 5.74) is 1.03. The van der Waals surface area contributed by atoms with Crippen LogP contribution in [0.15, 0.2) is 16.9 Å². The molecule has 0 aliphatic heterocycles. The molecular weight excluding hydrogens is 234 g/mol. The normalized spacial score (nSPS) is 10.7. The van der Waals surface area contributed by atoms with Crippen LogP contribution in [0.25, 0.3) is 5.78 Å². The van der Waals surface area contributed by atoms with Crippen LogP contribution in [0.4, 0.5) is 0 Å². The number of imidazole rings is 1. The van der Waals surface area contributed by atoms with E-state index in [2.05, 4.69) is 25.9 Å². The molecule has 0 radical (unpaired) electrons. The maximum atomic E-state index is 5.03. The molecule has 0 amide bonds. The molecule has 0 bridgehead atoms. The van der Waals surface area contributed by atoms with Gasteiger partial charge in [-0.3, -0.25) is 4.40 Å². The number of hydrogen-bond acceptors (Lipinski definition) is 3. The Morgan fingerprint density at radius 2 is 2.31 bits per heavy atom. The predicted octanol–water partition coefficient (Wildman–Crippen LogP) is 1.81. The molecule has 0 aliphatic carbocycles. The Bertz CT molecular complexity index is 452. The van der Waals surface area contributed by atoms with Crippen LogP contribution in [-0.2, 0) is 0 Å². The largest absolute Gasteiger partial charge is 0.481 e. The standard InChI is InChI=1S/C8H8BrN3O/c1-5-3-7(13-2)11-8-10-4-6(9)12(5)8/h3-4H,1-2H3. The minimum atomic E-state index is 0.586. The molecule has 68 valence electrons. The SMILES string of the molecule is COc1cc(C)n2c(Br)cnc2n1. The Balaban J connectivity index is 2.79. The van der Waals surface area contributed by atoms with Crippen molar-refractivity contribution in [3.8, 4) is 5.88 Å². The van der Waals surface area contributed by atoms with Gasteiger partial charge >= 0.3 is 0 Å². The van der Waals surface area contributed by atoms with E-state index >= 15 is 0 Å². The second-order valence-electron chi connectivity index (χ2n) is 2.66. The molecule has 0 aromatic carbocycles. The first kappa shape index (κ1) is 8.50. The molecule has 0 saturated carbocycles. The van der Waals surface area contributed by atoms with E-state index in [-0.39, 0.29) is 0 Å². The van der Waals surface area contributed by atoms with E-state index in [1.54, 1.807) is 13.3 Å². The number of methoxy groups -OCH3 is 1. The summed E-state index contributed by atoms with van der Waals surface area (Å²) >= 11 is 3.38. The van der Waals surface area contributed by atoms with Crippen LogP contribution in [0.1, 0.15) is 5.69 Å². The first-order chi connectivity index (χ1) is 6.22. The topological polar surface area (TPSA) is 39.4 Å². The second-order valence-corrected chi connectivity index (χ2v) is 3.47. The van der Waals surface area contributed by atoms with Crippen LogP contribution >= 0.6 is 15.9 Å². The van der Waals surface area contributed by atoms with Crippen molar-refractivity contribution >= 4 is 21.7 Å². The lowest BCUT2D eigenvalue weighted by Gasteiger charge is -2.03. The molecule has 0 saturated heterocycles. The smallest absolute Gasteiger partial charge is 0.238 e. The zero-order valence-electron chi connectivity index (χ0n) is 7.28. The van der Waals surface area contributed by atoms with E-state index in [4.69, 9.17) is 4.74 Å². The molecule has 0 spiro atoms. The average molecular weight is 242 g/mol. The fourth-order valence-corrected chi connectivity index (χ4v) is 1.75. The fraction of sp³-hybridized carbons (Fsp3) is 0.250. The zero-order valence-corrected chi connectivity index (χ0v) is 8.87. The van der Waals surface area contributed by atoms with Gasteiger partial charge in [0.25, 0.3) is 0 Å². The van der Waals surface area contributed by atoms with Gasteiger partial charge < -0.3 is 4.74 Å². The highest BCUT2D eigenvalue weighted by Crippen LogP contribution is 2.17. The lowest BCUT2D eigenvalue weighted by atomic mass is 10.4. The molecule has 2 aromatic rings. The maximum absolute atomic E-state index is 5.03. The van der Waals surface area contributed by atoms with Crippen molar-refractivity contribution in [1.29, 1.82) is 0 Å². The molecule has 13 heavy (non-hydrogen) atoms. The second kappa shape index (κ2) is 2.99. The van der Waals surface area contributed by atoms with Crippen LogP contribution in [0.2, 0.25) is 0 Å². The summed E-state index contributed by atoms with van der Waals surface area (Å²) in [5, 5.41) is 0. The van der Waals surface area contributed by atoms with E-state index in [9.17, 15) is 0 Å². The highest BCUT2D eigenvalue weighted by Gasteiger charge is 2.06. The third-order valence-corrected chi connectivity index (χ3v) is 2.36. The average Bonchev–Trinajstić information content (AvgIpc) is 2.48. The van der Waals surface area contributed by atoms with Crippen molar-refractivity contribution in [2.75, 3.05) is 7.11 Å². The van der Waals surface area contributed by atoms with Gasteiger partial charge in [-0.2, -0.15) is 4.98 Å². The monoisotopic (exact) mass is 241 g/mol. The number of fused-ring (bicyclic) bond motifs is 1. The first-order valence-electron chi connectivity index (χ1n) is 3.77. The van der Waals surface area contributed by atoms with E-state index in [1.165, 1.54) is 0 Å². The van der Waals surface area contributed by atoms with Crippen molar-refractivity contribution in [3.05, 3.63) is 22.6 Å². The molecule has 0 N–H and O–H groups in total. The van der Waals surface area contributed by atoms with Crippen LogP contribution in [0.3, 0.4) is 0 Å². The van der Waals surface area contributed by atoms with Gasteiger partial charge in [0.05, 0.1) is 13.3 Å². The van der Waals surface area contributed by atoms with Crippen LogP contribution in [-0.4, -0.2) is 21.5 Å². The third kappa shape index (κ3) is 1.29. The van der Waals surface area contributed by atoms with Crippen molar-refractivity contribution in [1.82, 2.24) is 14.4 Å². The Morgan fingerprint density at radius 1 is 1.54 bits per heavy atom. The summed E-state index contributed by atoms with van der Waals surface area (Å²) in [6, 6.07) is 1.86. The molecule has 4 nitrogen and oxygen atoms in total. The van der Waals surface area contributed by atoms with Crippen LogP contribution in [0.5, 0.6) is 5.88 Å². The van der Waals surface area contributed by atoms with Crippen molar-refractivity contribution in [2.45, 2.75) is 6.92 Å². The van der Waals surface area contributed by atoms with Crippen molar-refractivity contribution in [2.24, 2.45) is 0 Å². The Labute approximate surface area is 83.7 Å². The van der Waals surface area contributed by atoms with E-state index in [1.807, 2.05) is 17.4 Å². The molecule has 2 heterocycles. The number of ether oxygens (including phenoxy) is 1. The summed E-state index contributed by atoms with van der Waals surface area (Å²) < 4.78 is 7.84. The van der Waals surface area contributed by atoms with Crippen LogP contribution < -0.4 is 4.74 Å². The molecule has 0 atom stereocenters. The third-order valence-electron chi connectivity index (χ3n) is 1.80. The number of halogens is 1. The lowest BCUT2D eigenvalue weighted by Crippen LogP contribution is -1.97. The number of hydrogen-bond donors (Lipinski definition) is 0. The summed E-state index contributed by atoms with van der Waals surface area (Å²) in [6.07, 6.45) is 1.72. The Hall–Kier alpha value is -1.10. The molecule has 5 heteroatoms.